The van der Waals surface area contributed by atoms with Crippen molar-refractivity contribution in [2.45, 2.75) is 31.9 Å². The van der Waals surface area contributed by atoms with Crippen molar-refractivity contribution < 1.29 is 13.9 Å². The van der Waals surface area contributed by atoms with Crippen molar-refractivity contribution in [2.24, 2.45) is 0 Å². The van der Waals surface area contributed by atoms with E-state index in [0.29, 0.717) is 12.2 Å². The maximum Gasteiger partial charge on any atom is 0.250 e. The lowest BCUT2D eigenvalue weighted by Crippen LogP contribution is -2.30. The molecule has 1 fully saturated rings. The molecule has 1 saturated heterocycles. The number of hydrogen-bond donors (Lipinski definition) is 0. The van der Waals surface area contributed by atoms with Crippen LogP contribution in [0.25, 0.3) is 16.9 Å². The highest BCUT2D eigenvalue weighted by atomic mass is 79.9. The molecule has 0 radical (unpaired) electrons. The Labute approximate surface area is 217 Å². The fourth-order valence-corrected chi connectivity index (χ4v) is 5.37. The second-order valence-electron chi connectivity index (χ2n) is 9.32. The van der Waals surface area contributed by atoms with Gasteiger partial charge in [-0.05, 0) is 90.9 Å². The third-order valence-corrected chi connectivity index (χ3v) is 7.52. The maximum atomic E-state index is 13.7. The van der Waals surface area contributed by atoms with Crippen molar-refractivity contribution >= 4 is 21.8 Å². The summed E-state index contributed by atoms with van der Waals surface area (Å²) in [5, 5.41) is 4.83. The van der Waals surface area contributed by atoms with E-state index in [-0.39, 0.29) is 18.3 Å². The van der Waals surface area contributed by atoms with Gasteiger partial charge in [-0.3, -0.25) is 4.79 Å². The van der Waals surface area contributed by atoms with Crippen LogP contribution in [-0.4, -0.2) is 33.7 Å². The predicted molar refractivity (Wildman–Crippen MR) is 139 cm³/mol. The van der Waals surface area contributed by atoms with Gasteiger partial charge in [0.15, 0.2) is 6.23 Å². The van der Waals surface area contributed by atoms with E-state index in [1.807, 2.05) is 30.5 Å². The van der Waals surface area contributed by atoms with Gasteiger partial charge in [0.2, 0.25) is 0 Å². The van der Waals surface area contributed by atoms with Gasteiger partial charge in [0.25, 0.3) is 5.91 Å². The Balaban J connectivity index is 1.33. The number of hydrogen-bond acceptors (Lipinski definition) is 3. The van der Waals surface area contributed by atoms with Gasteiger partial charge in [-0.2, -0.15) is 5.10 Å². The second kappa shape index (κ2) is 9.64. The minimum Gasteiger partial charge on any atom is -0.344 e. The summed E-state index contributed by atoms with van der Waals surface area (Å²) in [6.07, 6.45) is 5.61. The number of carbonyl (C=O) groups excluding carboxylic acids is 1. The lowest BCUT2D eigenvalue weighted by Gasteiger charge is -2.23. The molecule has 5 nitrogen and oxygen atoms in total. The summed E-state index contributed by atoms with van der Waals surface area (Å²) in [4.78, 5) is 14.7. The molecule has 1 unspecified atom stereocenters. The minimum atomic E-state index is -0.559. The highest BCUT2D eigenvalue weighted by Gasteiger charge is 2.36. The van der Waals surface area contributed by atoms with Crippen molar-refractivity contribution in [1.82, 2.24) is 14.7 Å². The summed E-state index contributed by atoms with van der Waals surface area (Å²) in [5.74, 6) is -0.349. The molecular weight excluding hydrogens is 521 g/mol. The van der Waals surface area contributed by atoms with Crippen LogP contribution in [0.5, 0.6) is 0 Å². The molecule has 1 aliphatic heterocycles. The number of fused-ring (bicyclic) bond motifs is 1. The molecule has 1 amide bonds. The summed E-state index contributed by atoms with van der Waals surface area (Å²) in [5.41, 5.74) is 7.21. The number of benzene rings is 3. The molecule has 1 atom stereocenters. The molecule has 2 heterocycles. The van der Waals surface area contributed by atoms with E-state index >= 15 is 0 Å². The number of aromatic nitrogens is 2. The number of amides is 1. The number of nitrogens with zero attached hydrogens (tertiary/aromatic N) is 3. The largest absolute Gasteiger partial charge is 0.344 e. The average molecular weight is 546 g/mol. The fourth-order valence-electron chi connectivity index (χ4n) is 5.11. The van der Waals surface area contributed by atoms with E-state index in [1.54, 1.807) is 21.7 Å². The second-order valence-corrected chi connectivity index (χ2v) is 10.2. The zero-order valence-electron chi connectivity index (χ0n) is 19.7. The van der Waals surface area contributed by atoms with Gasteiger partial charge in [0.05, 0.1) is 5.69 Å². The van der Waals surface area contributed by atoms with E-state index in [2.05, 4.69) is 34.1 Å². The molecule has 3 aromatic carbocycles. The number of aryl methyl sites for hydroxylation is 2. The summed E-state index contributed by atoms with van der Waals surface area (Å²) >= 11 is 3.47. The van der Waals surface area contributed by atoms with E-state index in [4.69, 9.17) is 9.84 Å². The van der Waals surface area contributed by atoms with Gasteiger partial charge in [0, 0.05) is 28.3 Å². The molecule has 182 valence electrons. The highest BCUT2D eigenvalue weighted by molar-refractivity contribution is 9.10. The van der Waals surface area contributed by atoms with Gasteiger partial charge in [-0.1, -0.05) is 34.1 Å². The fraction of sp³-hybridized carbons (Fsp3) is 0.241. The monoisotopic (exact) mass is 545 g/mol. The molecule has 36 heavy (non-hydrogen) atoms. The number of rotatable bonds is 6. The number of carbonyl (C=O) groups is 1. The zero-order valence-corrected chi connectivity index (χ0v) is 21.2. The maximum absolute atomic E-state index is 13.7. The molecule has 0 saturated carbocycles. The van der Waals surface area contributed by atoms with Crippen LogP contribution in [0, 0.1) is 5.82 Å². The first-order chi connectivity index (χ1) is 17.5. The summed E-state index contributed by atoms with van der Waals surface area (Å²) in [6.45, 7) is 0.579. The van der Waals surface area contributed by atoms with Gasteiger partial charge >= 0.3 is 0 Å². The number of halogens is 2. The van der Waals surface area contributed by atoms with Crippen LogP contribution >= 0.6 is 15.9 Å². The Bertz CT molecular complexity index is 1420. The van der Waals surface area contributed by atoms with E-state index in [1.165, 1.54) is 35.2 Å². The quantitative estimate of drug-likeness (QED) is 0.297. The molecular formula is C29H25BrFN3O2. The van der Waals surface area contributed by atoms with Crippen LogP contribution in [0.15, 0.2) is 77.4 Å². The van der Waals surface area contributed by atoms with Gasteiger partial charge < -0.3 is 9.64 Å². The van der Waals surface area contributed by atoms with Gasteiger partial charge in [-0.25, -0.2) is 9.07 Å². The smallest absolute Gasteiger partial charge is 0.250 e. The van der Waals surface area contributed by atoms with Crippen molar-refractivity contribution in [3.05, 3.63) is 105 Å². The van der Waals surface area contributed by atoms with Crippen LogP contribution in [0.1, 0.15) is 34.9 Å². The number of ether oxygens (including phenoxy) is 1. The van der Waals surface area contributed by atoms with E-state index < -0.39 is 6.23 Å². The van der Waals surface area contributed by atoms with Crippen molar-refractivity contribution in [3.63, 3.8) is 0 Å². The van der Waals surface area contributed by atoms with Crippen molar-refractivity contribution in [3.8, 4) is 16.9 Å². The van der Waals surface area contributed by atoms with Gasteiger partial charge in [-0.15, -0.1) is 0 Å². The third-order valence-electron chi connectivity index (χ3n) is 6.99. The molecule has 2 aliphatic rings. The van der Waals surface area contributed by atoms with E-state index in [9.17, 15) is 9.18 Å². The zero-order chi connectivity index (χ0) is 24.6. The Kier molecular flexibility index (Phi) is 6.19. The third kappa shape index (κ3) is 4.49. The van der Waals surface area contributed by atoms with Crippen LogP contribution in [0.4, 0.5) is 4.39 Å². The lowest BCUT2D eigenvalue weighted by molar-refractivity contribution is -0.128. The highest BCUT2D eigenvalue weighted by Crippen LogP contribution is 2.35. The van der Waals surface area contributed by atoms with Crippen LogP contribution in [0.3, 0.4) is 0 Å². The summed E-state index contributed by atoms with van der Waals surface area (Å²) in [7, 11) is 0. The standard InChI is InChI=1S/C29H25BrFN3O2/c30-23-8-12-25(13-9-23)34-17-26(28(32-34)21-6-10-24(31)11-7-21)29-33(27(35)18-36-29)15-14-19-4-5-20-2-1-3-22(20)16-19/h4-13,16-17,29H,1-3,14-15,18H2. The summed E-state index contributed by atoms with van der Waals surface area (Å²) < 4.78 is 22.4. The van der Waals surface area contributed by atoms with Crippen molar-refractivity contribution in [2.75, 3.05) is 13.2 Å². The first kappa shape index (κ1) is 23.1. The predicted octanol–water partition coefficient (Wildman–Crippen LogP) is 6.03. The molecule has 6 rings (SSSR count). The first-order valence-electron chi connectivity index (χ1n) is 12.2. The Morgan fingerprint density at radius 1 is 1.00 bits per heavy atom. The summed E-state index contributed by atoms with van der Waals surface area (Å²) in [6, 6.07) is 20.8. The Morgan fingerprint density at radius 2 is 1.78 bits per heavy atom. The Hall–Kier alpha value is -3.29. The molecule has 4 aromatic rings. The molecule has 0 bridgehead atoms. The van der Waals surface area contributed by atoms with Gasteiger partial charge in [0.1, 0.15) is 18.1 Å². The normalized spacial score (nSPS) is 17.1. The molecule has 0 spiro atoms. The molecule has 7 heteroatoms. The molecule has 1 aromatic heterocycles. The van der Waals surface area contributed by atoms with E-state index in [0.717, 1.165) is 40.5 Å². The minimum absolute atomic E-state index is 0.0289. The van der Waals surface area contributed by atoms with Crippen LogP contribution < -0.4 is 0 Å². The average Bonchev–Trinajstić information content (AvgIpc) is 3.62. The topological polar surface area (TPSA) is 47.4 Å². The molecule has 0 N–H and O–H groups in total. The first-order valence-corrected chi connectivity index (χ1v) is 13.0. The van der Waals surface area contributed by atoms with Crippen molar-refractivity contribution in [1.29, 1.82) is 0 Å². The van der Waals surface area contributed by atoms with Crippen LogP contribution in [-0.2, 0) is 28.8 Å². The Morgan fingerprint density at radius 3 is 2.58 bits per heavy atom. The molecule has 1 aliphatic carbocycles. The SMILES string of the molecule is O=C1COC(c2cn(-c3ccc(Br)cc3)nc2-c2ccc(F)cc2)N1CCc1ccc2c(c1)CCC2. The lowest BCUT2D eigenvalue weighted by atomic mass is 10.0. The van der Waals surface area contributed by atoms with Crippen LogP contribution in [0.2, 0.25) is 0 Å².